The third-order valence-corrected chi connectivity index (χ3v) is 4.67. The van der Waals surface area contributed by atoms with Gasteiger partial charge in [0.05, 0.1) is 10.4 Å². The molecule has 0 bridgehead atoms. The second-order valence-electron chi connectivity index (χ2n) is 3.95. The maximum atomic E-state index is 11.7. The molecule has 3 nitrogen and oxygen atoms in total. The zero-order valence-corrected chi connectivity index (χ0v) is 11.8. The van der Waals surface area contributed by atoms with E-state index >= 15 is 0 Å². The van der Waals surface area contributed by atoms with Crippen LogP contribution in [0.4, 0.5) is 0 Å². The Balaban J connectivity index is 1.96. The molecule has 0 aliphatic carbocycles. The highest BCUT2D eigenvalue weighted by Gasteiger charge is 2.20. The lowest BCUT2D eigenvalue weighted by atomic mass is 10.1. The first-order valence-corrected chi connectivity index (χ1v) is 7.72. The van der Waals surface area contributed by atoms with E-state index in [0.29, 0.717) is 4.91 Å². The van der Waals surface area contributed by atoms with Crippen LogP contribution in [0.15, 0.2) is 46.4 Å². The molecule has 2 heterocycles. The molecular weight excluding hydrogens is 276 g/mol. The monoisotopic (exact) mass is 286 g/mol. The van der Waals surface area contributed by atoms with Crippen molar-refractivity contribution in [3.63, 3.8) is 0 Å². The first-order valence-electron chi connectivity index (χ1n) is 5.67. The van der Waals surface area contributed by atoms with E-state index in [2.05, 4.69) is 9.98 Å². The molecular formula is C14H10N2OS2. The van der Waals surface area contributed by atoms with E-state index in [1.807, 2.05) is 42.7 Å². The van der Waals surface area contributed by atoms with E-state index in [9.17, 15) is 4.79 Å². The molecule has 2 aromatic rings. The molecule has 1 aromatic heterocycles. The van der Waals surface area contributed by atoms with Crippen molar-refractivity contribution in [2.45, 2.75) is 0 Å². The molecule has 0 spiro atoms. The smallest absolute Gasteiger partial charge is 0.266 e. The van der Waals surface area contributed by atoms with Crippen LogP contribution >= 0.6 is 23.5 Å². The fraction of sp³-hybridized carbons (Fsp3) is 0.0714. The Morgan fingerprint density at radius 1 is 1.32 bits per heavy atom. The number of amides is 1. The summed E-state index contributed by atoms with van der Waals surface area (Å²) in [7, 11) is 0. The van der Waals surface area contributed by atoms with Gasteiger partial charge in [0.25, 0.3) is 5.91 Å². The van der Waals surface area contributed by atoms with Gasteiger partial charge < -0.3 is 0 Å². The van der Waals surface area contributed by atoms with E-state index in [0.717, 1.165) is 20.8 Å². The molecule has 19 heavy (non-hydrogen) atoms. The van der Waals surface area contributed by atoms with E-state index < -0.39 is 0 Å². The van der Waals surface area contributed by atoms with Gasteiger partial charge in [0, 0.05) is 11.6 Å². The molecule has 0 radical (unpaired) electrons. The normalized spacial score (nSPS) is 17.2. The fourth-order valence-electron chi connectivity index (χ4n) is 1.81. The number of thioether (sulfide) groups is 2. The number of rotatable bonds is 1. The molecule has 3 rings (SSSR count). The van der Waals surface area contributed by atoms with Crippen molar-refractivity contribution in [1.29, 1.82) is 0 Å². The Labute approximate surface area is 119 Å². The van der Waals surface area contributed by atoms with Crippen molar-refractivity contribution in [3.05, 3.63) is 47.0 Å². The van der Waals surface area contributed by atoms with Crippen molar-refractivity contribution in [2.75, 3.05) is 6.26 Å². The minimum Gasteiger partial charge on any atom is -0.266 e. The number of hydrogen-bond donors (Lipinski definition) is 0. The lowest BCUT2D eigenvalue weighted by Crippen LogP contribution is -1.88. The number of aliphatic imine (C=N–C) groups is 1. The summed E-state index contributed by atoms with van der Waals surface area (Å²) in [6.07, 6.45) is 5.57. The van der Waals surface area contributed by atoms with E-state index in [4.69, 9.17) is 0 Å². The summed E-state index contributed by atoms with van der Waals surface area (Å²) in [6, 6.07) is 9.87. The Morgan fingerprint density at radius 2 is 2.21 bits per heavy atom. The first kappa shape index (κ1) is 12.4. The van der Waals surface area contributed by atoms with Crippen molar-refractivity contribution in [2.24, 2.45) is 4.99 Å². The molecule has 5 heteroatoms. The van der Waals surface area contributed by atoms with Gasteiger partial charge in [0.2, 0.25) is 0 Å². The summed E-state index contributed by atoms with van der Waals surface area (Å²) in [5, 5.41) is 1.07. The van der Waals surface area contributed by atoms with Gasteiger partial charge in [-0.3, -0.25) is 9.78 Å². The summed E-state index contributed by atoms with van der Waals surface area (Å²) in [6.45, 7) is 0. The van der Waals surface area contributed by atoms with Crippen LogP contribution in [0.3, 0.4) is 0 Å². The van der Waals surface area contributed by atoms with Crippen LogP contribution in [0.1, 0.15) is 5.56 Å². The van der Waals surface area contributed by atoms with Gasteiger partial charge in [-0.2, -0.15) is 4.99 Å². The highest BCUT2D eigenvalue weighted by molar-refractivity contribution is 8.40. The number of carbonyl (C=O) groups is 1. The largest absolute Gasteiger partial charge is 0.285 e. The van der Waals surface area contributed by atoms with Gasteiger partial charge in [0.1, 0.15) is 4.38 Å². The van der Waals surface area contributed by atoms with Gasteiger partial charge in [-0.05, 0) is 36.1 Å². The van der Waals surface area contributed by atoms with Crippen LogP contribution in [0.25, 0.3) is 17.0 Å². The summed E-state index contributed by atoms with van der Waals surface area (Å²) in [5.41, 5.74) is 1.95. The van der Waals surface area contributed by atoms with Crippen LogP contribution in [0.5, 0.6) is 0 Å². The predicted octanol–water partition coefficient (Wildman–Crippen LogP) is 3.57. The third-order valence-electron chi connectivity index (χ3n) is 2.70. The van der Waals surface area contributed by atoms with Gasteiger partial charge in [-0.1, -0.05) is 23.9 Å². The van der Waals surface area contributed by atoms with Crippen molar-refractivity contribution in [3.8, 4) is 0 Å². The Bertz CT molecular complexity index is 722. The second kappa shape index (κ2) is 5.19. The predicted molar refractivity (Wildman–Crippen MR) is 83.3 cm³/mol. The van der Waals surface area contributed by atoms with Crippen LogP contribution in [-0.2, 0) is 4.79 Å². The van der Waals surface area contributed by atoms with Crippen molar-refractivity contribution < 1.29 is 4.79 Å². The summed E-state index contributed by atoms with van der Waals surface area (Å²) in [5.74, 6) is -0.152. The SMILES string of the molecule is CSC1=NC(=O)/C(=C\c2ccc3ncccc3c2)S1. The van der Waals surface area contributed by atoms with Crippen molar-refractivity contribution in [1.82, 2.24) is 4.98 Å². The molecule has 0 saturated carbocycles. The number of nitrogens with zero attached hydrogens (tertiary/aromatic N) is 2. The number of carbonyl (C=O) groups excluding carboxylic acids is 1. The first-order chi connectivity index (χ1) is 9.26. The van der Waals surface area contributed by atoms with Gasteiger partial charge in [-0.25, -0.2) is 0 Å². The second-order valence-corrected chi connectivity index (χ2v) is 6.04. The minimum atomic E-state index is -0.152. The molecule has 1 aliphatic heterocycles. The quantitative estimate of drug-likeness (QED) is 0.752. The summed E-state index contributed by atoms with van der Waals surface area (Å²) < 4.78 is 0.804. The van der Waals surface area contributed by atoms with Crippen molar-refractivity contribution >= 4 is 50.8 Å². The molecule has 1 aliphatic rings. The maximum absolute atomic E-state index is 11.7. The molecule has 0 N–H and O–H groups in total. The third kappa shape index (κ3) is 2.57. The fourth-order valence-corrected chi connectivity index (χ4v) is 3.23. The Kier molecular flexibility index (Phi) is 3.40. The molecule has 0 fully saturated rings. The van der Waals surface area contributed by atoms with E-state index in [1.54, 1.807) is 6.20 Å². The van der Waals surface area contributed by atoms with Gasteiger partial charge >= 0.3 is 0 Å². The number of aromatic nitrogens is 1. The zero-order chi connectivity index (χ0) is 13.2. The molecule has 94 valence electrons. The maximum Gasteiger partial charge on any atom is 0.285 e. The number of pyridine rings is 1. The topological polar surface area (TPSA) is 42.3 Å². The van der Waals surface area contributed by atoms with Crippen LogP contribution in [0, 0.1) is 0 Å². The number of fused-ring (bicyclic) bond motifs is 1. The Hall–Kier alpha value is -1.59. The molecule has 0 unspecified atom stereocenters. The minimum absolute atomic E-state index is 0.152. The highest BCUT2D eigenvalue weighted by Crippen LogP contribution is 2.32. The number of benzene rings is 1. The number of hydrogen-bond acceptors (Lipinski definition) is 4. The lowest BCUT2D eigenvalue weighted by molar-refractivity contribution is -0.113. The standard InChI is InChI=1S/C14H10N2OS2/c1-18-14-16-13(17)12(19-14)8-9-4-5-11-10(7-9)3-2-6-15-11/h2-8H,1H3/b12-8+. The zero-order valence-electron chi connectivity index (χ0n) is 10.2. The van der Waals surface area contributed by atoms with Crippen LogP contribution < -0.4 is 0 Å². The van der Waals surface area contributed by atoms with Gasteiger partial charge in [0.15, 0.2) is 0 Å². The molecule has 0 atom stereocenters. The summed E-state index contributed by atoms with van der Waals surface area (Å²) in [4.78, 5) is 20.6. The lowest BCUT2D eigenvalue weighted by Gasteiger charge is -1.99. The van der Waals surface area contributed by atoms with Crippen LogP contribution in [0.2, 0.25) is 0 Å². The molecule has 1 aromatic carbocycles. The summed E-state index contributed by atoms with van der Waals surface area (Å²) >= 11 is 2.92. The molecule has 1 amide bonds. The van der Waals surface area contributed by atoms with Gasteiger partial charge in [-0.15, -0.1) is 11.8 Å². The molecule has 0 saturated heterocycles. The Morgan fingerprint density at radius 3 is 3.00 bits per heavy atom. The van der Waals surface area contributed by atoms with E-state index in [-0.39, 0.29) is 5.91 Å². The van der Waals surface area contributed by atoms with E-state index in [1.165, 1.54) is 23.5 Å². The average molecular weight is 286 g/mol. The highest BCUT2D eigenvalue weighted by atomic mass is 32.2. The average Bonchev–Trinajstić information content (AvgIpc) is 2.79. The van der Waals surface area contributed by atoms with Crippen LogP contribution in [-0.4, -0.2) is 21.5 Å².